The highest BCUT2D eigenvalue weighted by molar-refractivity contribution is 6.09. The van der Waals surface area contributed by atoms with E-state index in [1.54, 1.807) is 61.5 Å². The molecule has 0 aliphatic carbocycles. The van der Waals surface area contributed by atoms with Crippen molar-refractivity contribution in [2.75, 3.05) is 6.61 Å². The molecule has 2 aromatic carbocycles. The van der Waals surface area contributed by atoms with Crippen molar-refractivity contribution in [1.82, 2.24) is 5.32 Å². The minimum absolute atomic E-state index is 0.152. The summed E-state index contributed by atoms with van der Waals surface area (Å²) in [5.41, 5.74) is 1.06. The second-order valence-corrected chi connectivity index (χ2v) is 5.55. The molecule has 2 aromatic rings. The summed E-state index contributed by atoms with van der Waals surface area (Å²) >= 11 is 0. The van der Waals surface area contributed by atoms with Crippen molar-refractivity contribution in [3.63, 3.8) is 0 Å². The standard InChI is InChI=1S/C20H21NO4/c1-3-25-20(24)17(19(23)16-12-8-5-9-13-16)18(21-14(2)22)15-10-6-4-7-11-15/h4-13,17-18H,3H2,1-2H3,(H,21,22). The summed E-state index contributed by atoms with van der Waals surface area (Å²) in [6, 6.07) is 16.7. The Hall–Kier alpha value is -2.95. The van der Waals surface area contributed by atoms with Crippen molar-refractivity contribution in [2.45, 2.75) is 19.9 Å². The van der Waals surface area contributed by atoms with Gasteiger partial charge in [-0.05, 0) is 12.5 Å². The molecular formula is C20H21NO4. The van der Waals surface area contributed by atoms with Crippen molar-refractivity contribution < 1.29 is 19.1 Å². The molecular weight excluding hydrogens is 318 g/mol. The second-order valence-electron chi connectivity index (χ2n) is 5.55. The summed E-state index contributed by atoms with van der Waals surface area (Å²) in [6.07, 6.45) is 0. The van der Waals surface area contributed by atoms with Gasteiger partial charge in [0.05, 0.1) is 12.6 Å². The van der Waals surface area contributed by atoms with Crippen molar-refractivity contribution in [3.05, 3.63) is 71.8 Å². The van der Waals surface area contributed by atoms with Gasteiger partial charge in [-0.2, -0.15) is 0 Å². The summed E-state index contributed by atoms with van der Waals surface area (Å²) in [5, 5.41) is 2.73. The minimum Gasteiger partial charge on any atom is -0.465 e. The number of carbonyl (C=O) groups excluding carboxylic acids is 3. The van der Waals surface area contributed by atoms with Crippen molar-refractivity contribution >= 4 is 17.7 Å². The SMILES string of the molecule is CCOC(=O)C(C(=O)c1ccccc1)C(NC(C)=O)c1ccccc1. The van der Waals surface area contributed by atoms with E-state index in [0.717, 1.165) is 0 Å². The Balaban J connectivity index is 2.48. The molecule has 2 atom stereocenters. The van der Waals surface area contributed by atoms with Gasteiger partial charge < -0.3 is 10.1 Å². The maximum absolute atomic E-state index is 13.0. The first-order valence-corrected chi connectivity index (χ1v) is 8.12. The molecule has 0 saturated heterocycles. The number of amides is 1. The zero-order valence-electron chi connectivity index (χ0n) is 14.3. The van der Waals surface area contributed by atoms with E-state index in [0.29, 0.717) is 11.1 Å². The molecule has 5 nitrogen and oxygen atoms in total. The predicted octanol–water partition coefficient (Wildman–Crippen LogP) is 2.93. The molecule has 0 aliphatic rings. The highest BCUT2D eigenvalue weighted by atomic mass is 16.5. The Morgan fingerprint density at radius 3 is 2.04 bits per heavy atom. The molecule has 0 fully saturated rings. The van der Waals surface area contributed by atoms with Gasteiger partial charge in [-0.25, -0.2) is 0 Å². The van der Waals surface area contributed by atoms with Gasteiger partial charge in [-0.1, -0.05) is 60.7 Å². The Bertz CT molecular complexity index is 728. The van der Waals surface area contributed by atoms with E-state index in [1.807, 2.05) is 6.07 Å². The van der Waals surface area contributed by atoms with Crippen LogP contribution < -0.4 is 5.32 Å². The molecule has 0 saturated carbocycles. The lowest BCUT2D eigenvalue weighted by Gasteiger charge is -2.26. The first kappa shape index (κ1) is 18.4. The summed E-state index contributed by atoms with van der Waals surface area (Å²) < 4.78 is 5.12. The topological polar surface area (TPSA) is 72.5 Å². The van der Waals surface area contributed by atoms with E-state index >= 15 is 0 Å². The Kier molecular flexibility index (Phi) is 6.46. The monoisotopic (exact) mass is 339 g/mol. The first-order chi connectivity index (χ1) is 12.0. The van der Waals surface area contributed by atoms with Crippen LogP contribution in [0, 0.1) is 5.92 Å². The van der Waals surface area contributed by atoms with E-state index in [1.165, 1.54) is 6.92 Å². The van der Waals surface area contributed by atoms with Crippen molar-refractivity contribution in [3.8, 4) is 0 Å². The number of hydrogen-bond donors (Lipinski definition) is 1. The molecule has 5 heteroatoms. The van der Waals surface area contributed by atoms with Gasteiger partial charge in [0.1, 0.15) is 5.92 Å². The molecule has 0 spiro atoms. The van der Waals surface area contributed by atoms with Gasteiger partial charge in [0.25, 0.3) is 0 Å². The zero-order valence-corrected chi connectivity index (χ0v) is 14.3. The maximum atomic E-state index is 13.0. The fourth-order valence-electron chi connectivity index (χ4n) is 2.65. The van der Waals surface area contributed by atoms with Crippen LogP contribution >= 0.6 is 0 Å². The molecule has 0 aromatic heterocycles. The molecule has 2 rings (SSSR count). The molecule has 130 valence electrons. The van der Waals surface area contributed by atoms with E-state index in [4.69, 9.17) is 4.74 Å². The number of esters is 1. The first-order valence-electron chi connectivity index (χ1n) is 8.12. The number of hydrogen-bond acceptors (Lipinski definition) is 4. The van der Waals surface area contributed by atoms with Crippen molar-refractivity contribution in [2.24, 2.45) is 5.92 Å². The average molecular weight is 339 g/mol. The molecule has 25 heavy (non-hydrogen) atoms. The van der Waals surface area contributed by atoms with Crippen LogP contribution in [0.5, 0.6) is 0 Å². The van der Waals surface area contributed by atoms with Crippen LogP contribution in [0.2, 0.25) is 0 Å². The summed E-state index contributed by atoms with van der Waals surface area (Å²) in [5.74, 6) is -2.53. The lowest BCUT2D eigenvalue weighted by atomic mass is 9.86. The summed E-state index contributed by atoms with van der Waals surface area (Å²) in [4.78, 5) is 37.3. The lowest BCUT2D eigenvalue weighted by molar-refractivity contribution is -0.147. The van der Waals surface area contributed by atoms with E-state index in [-0.39, 0.29) is 18.3 Å². The van der Waals surface area contributed by atoms with Crippen LogP contribution in [0.4, 0.5) is 0 Å². The Morgan fingerprint density at radius 2 is 1.52 bits per heavy atom. The number of ether oxygens (including phenoxy) is 1. The number of nitrogens with one attached hydrogen (secondary N) is 1. The van der Waals surface area contributed by atoms with Gasteiger partial charge >= 0.3 is 5.97 Å². The summed E-state index contributed by atoms with van der Waals surface area (Å²) in [6.45, 7) is 3.18. The quantitative estimate of drug-likeness (QED) is 0.478. The Labute approximate surface area is 147 Å². The van der Waals surface area contributed by atoms with Crippen LogP contribution in [-0.2, 0) is 14.3 Å². The van der Waals surface area contributed by atoms with Crippen LogP contribution in [0.25, 0.3) is 0 Å². The van der Waals surface area contributed by atoms with Crippen LogP contribution in [-0.4, -0.2) is 24.3 Å². The largest absolute Gasteiger partial charge is 0.465 e. The smallest absolute Gasteiger partial charge is 0.319 e. The zero-order chi connectivity index (χ0) is 18.2. The van der Waals surface area contributed by atoms with E-state index < -0.39 is 17.9 Å². The highest BCUT2D eigenvalue weighted by Crippen LogP contribution is 2.27. The average Bonchev–Trinajstić information content (AvgIpc) is 2.62. The fourth-order valence-corrected chi connectivity index (χ4v) is 2.65. The molecule has 0 aliphatic heterocycles. The van der Waals surface area contributed by atoms with Crippen LogP contribution in [0.15, 0.2) is 60.7 Å². The second kappa shape index (κ2) is 8.78. The molecule has 0 heterocycles. The maximum Gasteiger partial charge on any atom is 0.319 e. The summed E-state index contributed by atoms with van der Waals surface area (Å²) in [7, 11) is 0. The van der Waals surface area contributed by atoms with E-state index in [9.17, 15) is 14.4 Å². The van der Waals surface area contributed by atoms with Gasteiger partial charge in [0.2, 0.25) is 5.91 Å². The van der Waals surface area contributed by atoms with Gasteiger partial charge in [-0.15, -0.1) is 0 Å². The number of ketones is 1. The molecule has 1 amide bonds. The third-order valence-corrected chi connectivity index (χ3v) is 3.73. The number of carbonyl (C=O) groups is 3. The number of Topliss-reactive ketones (excluding diaryl/α,β-unsaturated/α-hetero) is 1. The fraction of sp³-hybridized carbons (Fsp3) is 0.250. The van der Waals surface area contributed by atoms with Gasteiger partial charge in [0.15, 0.2) is 5.78 Å². The van der Waals surface area contributed by atoms with Crippen molar-refractivity contribution in [1.29, 1.82) is 0 Å². The molecule has 1 N–H and O–H groups in total. The third kappa shape index (κ3) is 4.76. The number of rotatable bonds is 7. The highest BCUT2D eigenvalue weighted by Gasteiger charge is 2.38. The lowest BCUT2D eigenvalue weighted by Crippen LogP contribution is -2.40. The Morgan fingerprint density at radius 1 is 0.960 bits per heavy atom. The number of benzene rings is 2. The van der Waals surface area contributed by atoms with Crippen LogP contribution in [0.1, 0.15) is 35.8 Å². The van der Waals surface area contributed by atoms with Crippen LogP contribution in [0.3, 0.4) is 0 Å². The molecule has 2 unspecified atom stereocenters. The van der Waals surface area contributed by atoms with E-state index in [2.05, 4.69) is 5.32 Å². The van der Waals surface area contributed by atoms with Gasteiger partial charge in [-0.3, -0.25) is 14.4 Å². The molecule has 0 radical (unpaired) electrons. The normalized spacial score (nSPS) is 12.7. The minimum atomic E-state index is -1.16. The third-order valence-electron chi connectivity index (χ3n) is 3.73. The predicted molar refractivity (Wildman–Crippen MR) is 93.9 cm³/mol. The van der Waals surface area contributed by atoms with Gasteiger partial charge in [0, 0.05) is 12.5 Å². The molecule has 0 bridgehead atoms.